The maximum Gasteiger partial charge on any atom is 0.292 e. The normalized spacial score (nSPS) is 10.1. The predicted molar refractivity (Wildman–Crippen MR) is 62.5 cm³/mol. The third-order valence-electron chi connectivity index (χ3n) is 2.08. The number of anilines is 2. The molecular weight excluding hydrogens is 210 g/mol. The minimum Gasteiger partial charge on any atom is -0.393 e. The summed E-state index contributed by atoms with van der Waals surface area (Å²) >= 11 is 0. The summed E-state index contributed by atoms with van der Waals surface area (Å²) < 4.78 is 4.90. The maximum absolute atomic E-state index is 10.5. The molecule has 0 radical (unpaired) electrons. The van der Waals surface area contributed by atoms with Gasteiger partial charge in [-0.15, -0.1) is 0 Å². The molecular formula is C10H15N3O3. The number of nitrogen functional groups attached to an aromatic ring is 1. The molecule has 0 aliphatic rings. The van der Waals surface area contributed by atoms with Crippen molar-refractivity contribution in [2.75, 3.05) is 31.3 Å². The summed E-state index contributed by atoms with van der Waals surface area (Å²) in [6.45, 7) is 1.42. The fourth-order valence-electron chi connectivity index (χ4n) is 1.28. The zero-order valence-electron chi connectivity index (χ0n) is 9.10. The Bertz CT molecular complexity index is 368. The average Bonchev–Trinajstić information content (AvgIpc) is 2.24. The van der Waals surface area contributed by atoms with E-state index in [2.05, 4.69) is 5.32 Å². The van der Waals surface area contributed by atoms with Gasteiger partial charge < -0.3 is 15.8 Å². The Hall–Kier alpha value is -1.82. The van der Waals surface area contributed by atoms with Crippen molar-refractivity contribution in [3.63, 3.8) is 0 Å². The number of nitro groups is 1. The van der Waals surface area contributed by atoms with Crippen LogP contribution in [0.15, 0.2) is 18.2 Å². The molecule has 0 bridgehead atoms. The van der Waals surface area contributed by atoms with Crippen molar-refractivity contribution in [2.24, 2.45) is 0 Å². The number of rotatable bonds is 6. The van der Waals surface area contributed by atoms with E-state index in [-0.39, 0.29) is 11.4 Å². The number of nitrogens with one attached hydrogen (secondary N) is 1. The molecule has 6 heteroatoms. The molecule has 6 nitrogen and oxygen atoms in total. The van der Waals surface area contributed by atoms with E-state index in [9.17, 15) is 10.1 Å². The highest BCUT2D eigenvalue weighted by Crippen LogP contribution is 2.24. The number of nitrogens with zero attached hydrogens (tertiary/aromatic N) is 1. The van der Waals surface area contributed by atoms with Crippen molar-refractivity contribution < 1.29 is 9.66 Å². The molecule has 1 rings (SSSR count). The van der Waals surface area contributed by atoms with E-state index in [1.54, 1.807) is 19.2 Å². The first kappa shape index (κ1) is 12.3. The zero-order valence-corrected chi connectivity index (χ0v) is 9.10. The summed E-state index contributed by atoms with van der Waals surface area (Å²) in [5, 5.41) is 13.6. The summed E-state index contributed by atoms with van der Waals surface area (Å²) in [4.78, 5) is 10.0. The van der Waals surface area contributed by atoms with Crippen LogP contribution in [0.25, 0.3) is 0 Å². The highest BCUT2D eigenvalue weighted by molar-refractivity contribution is 5.65. The summed E-state index contributed by atoms with van der Waals surface area (Å²) in [5.74, 6) is 0. The lowest BCUT2D eigenvalue weighted by Crippen LogP contribution is -2.05. The Labute approximate surface area is 93.5 Å². The quantitative estimate of drug-likeness (QED) is 0.332. The lowest BCUT2D eigenvalue weighted by Gasteiger charge is -2.06. The summed E-state index contributed by atoms with van der Waals surface area (Å²) in [6, 6.07) is 4.60. The Morgan fingerprint density at radius 2 is 2.31 bits per heavy atom. The largest absolute Gasteiger partial charge is 0.393 e. The molecule has 0 saturated carbocycles. The molecule has 3 N–H and O–H groups in total. The van der Waals surface area contributed by atoms with Crippen LogP contribution in [0.1, 0.15) is 6.42 Å². The number of methoxy groups -OCH3 is 1. The SMILES string of the molecule is COCCCNc1ccc([N+](=O)[O-])c(N)c1. The first-order valence-electron chi connectivity index (χ1n) is 4.92. The third kappa shape index (κ3) is 3.39. The Morgan fingerprint density at radius 1 is 1.56 bits per heavy atom. The first-order chi connectivity index (χ1) is 7.65. The van der Waals surface area contributed by atoms with Crippen molar-refractivity contribution in [1.82, 2.24) is 0 Å². The summed E-state index contributed by atoms with van der Waals surface area (Å²) in [6.07, 6.45) is 0.868. The lowest BCUT2D eigenvalue weighted by molar-refractivity contribution is -0.383. The topological polar surface area (TPSA) is 90.4 Å². The number of hydrogen-bond donors (Lipinski definition) is 2. The number of nitro benzene ring substituents is 1. The Morgan fingerprint density at radius 3 is 2.88 bits per heavy atom. The lowest BCUT2D eigenvalue weighted by atomic mass is 10.2. The van der Waals surface area contributed by atoms with Crippen LogP contribution in [-0.4, -0.2) is 25.2 Å². The van der Waals surface area contributed by atoms with Crippen molar-refractivity contribution in [3.05, 3.63) is 28.3 Å². The van der Waals surface area contributed by atoms with Crippen LogP contribution in [0, 0.1) is 10.1 Å². The van der Waals surface area contributed by atoms with E-state index in [1.807, 2.05) is 0 Å². The smallest absolute Gasteiger partial charge is 0.292 e. The van der Waals surface area contributed by atoms with Gasteiger partial charge >= 0.3 is 0 Å². The second kappa shape index (κ2) is 5.92. The van der Waals surface area contributed by atoms with Gasteiger partial charge in [-0.1, -0.05) is 0 Å². The van der Waals surface area contributed by atoms with Gasteiger partial charge in [-0.2, -0.15) is 0 Å². The van der Waals surface area contributed by atoms with Gasteiger partial charge in [0.25, 0.3) is 5.69 Å². The van der Waals surface area contributed by atoms with Gasteiger partial charge in [-0.05, 0) is 18.6 Å². The molecule has 1 aromatic rings. The third-order valence-corrected chi connectivity index (χ3v) is 2.08. The van der Waals surface area contributed by atoms with Gasteiger partial charge in [0.15, 0.2) is 0 Å². The van der Waals surface area contributed by atoms with E-state index in [4.69, 9.17) is 10.5 Å². The highest BCUT2D eigenvalue weighted by atomic mass is 16.6. The Balaban J connectivity index is 2.56. The van der Waals surface area contributed by atoms with Crippen LogP contribution in [0.4, 0.5) is 17.1 Å². The van der Waals surface area contributed by atoms with Crippen LogP contribution in [0.5, 0.6) is 0 Å². The fraction of sp³-hybridized carbons (Fsp3) is 0.400. The van der Waals surface area contributed by atoms with E-state index in [0.717, 1.165) is 18.7 Å². The van der Waals surface area contributed by atoms with Crippen LogP contribution < -0.4 is 11.1 Å². The molecule has 0 unspecified atom stereocenters. The Kier molecular flexibility index (Phi) is 4.53. The second-order valence-electron chi connectivity index (χ2n) is 3.30. The molecule has 0 spiro atoms. The molecule has 0 saturated heterocycles. The van der Waals surface area contributed by atoms with Crippen molar-refractivity contribution >= 4 is 17.1 Å². The second-order valence-corrected chi connectivity index (χ2v) is 3.30. The van der Waals surface area contributed by atoms with Crippen LogP contribution in [-0.2, 0) is 4.74 Å². The van der Waals surface area contributed by atoms with Gasteiger partial charge in [-0.3, -0.25) is 10.1 Å². The van der Waals surface area contributed by atoms with Crippen molar-refractivity contribution in [3.8, 4) is 0 Å². The first-order valence-corrected chi connectivity index (χ1v) is 4.92. The molecule has 0 fully saturated rings. The van der Waals surface area contributed by atoms with Gasteiger partial charge in [0.1, 0.15) is 5.69 Å². The van der Waals surface area contributed by atoms with E-state index in [0.29, 0.717) is 6.61 Å². The fourth-order valence-corrected chi connectivity index (χ4v) is 1.28. The van der Waals surface area contributed by atoms with E-state index >= 15 is 0 Å². The molecule has 0 heterocycles. The van der Waals surface area contributed by atoms with Gasteiger partial charge in [0.2, 0.25) is 0 Å². The number of nitrogens with two attached hydrogens (primary N) is 1. The number of hydrogen-bond acceptors (Lipinski definition) is 5. The number of ether oxygens (including phenoxy) is 1. The molecule has 0 amide bonds. The van der Waals surface area contributed by atoms with Crippen LogP contribution >= 0.6 is 0 Å². The predicted octanol–water partition coefficient (Wildman–Crippen LogP) is 1.63. The van der Waals surface area contributed by atoms with Gasteiger partial charge in [0, 0.05) is 32.0 Å². The molecule has 88 valence electrons. The molecule has 1 aromatic carbocycles. The average molecular weight is 225 g/mol. The van der Waals surface area contributed by atoms with Crippen LogP contribution in [0.3, 0.4) is 0 Å². The maximum atomic E-state index is 10.5. The van der Waals surface area contributed by atoms with Gasteiger partial charge in [0.05, 0.1) is 4.92 Å². The molecule has 0 aromatic heterocycles. The number of benzene rings is 1. The summed E-state index contributed by atoms with van der Waals surface area (Å²) in [5.41, 5.74) is 6.42. The monoisotopic (exact) mass is 225 g/mol. The summed E-state index contributed by atoms with van der Waals surface area (Å²) in [7, 11) is 1.64. The van der Waals surface area contributed by atoms with Crippen LogP contribution in [0.2, 0.25) is 0 Å². The molecule has 0 aliphatic carbocycles. The molecule has 16 heavy (non-hydrogen) atoms. The molecule has 0 atom stereocenters. The standard InChI is InChI=1S/C10H15N3O3/c1-16-6-2-5-12-8-3-4-10(13(14)15)9(11)7-8/h3-4,7,12H,2,5-6,11H2,1H3. The minimum atomic E-state index is -0.496. The van der Waals surface area contributed by atoms with Crippen molar-refractivity contribution in [1.29, 1.82) is 0 Å². The minimum absolute atomic E-state index is 0.0672. The van der Waals surface area contributed by atoms with Gasteiger partial charge in [-0.25, -0.2) is 0 Å². The van der Waals surface area contributed by atoms with E-state index in [1.165, 1.54) is 6.07 Å². The van der Waals surface area contributed by atoms with E-state index < -0.39 is 4.92 Å². The molecule has 0 aliphatic heterocycles. The van der Waals surface area contributed by atoms with Crippen molar-refractivity contribution in [2.45, 2.75) is 6.42 Å². The highest BCUT2D eigenvalue weighted by Gasteiger charge is 2.10. The zero-order chi connectivity index (χ0) is 12.0.